The lowest BCUT2D eigenvalue weighted by molar-refractivity contribution is -0.141. The fraction of sp³-hybridized carbons (Fsp3) is 0.412. The number of halogens is 5. The van der Waals surface area contributed by atoms with Crippen LogP contribution in [0.15, 0.2) is 36.5 Å². The lowest BCUT2D eigenvalue weighted by Crippen LogP contribution is -2.42. The highest BCUT2D eigenvalue weighted by atomic mass is 19.4. The maximum Gasteiger partial charge on any atom is 0.433 e. The zero-order valence-electron chi connectivity index (χ0n) is 14.1. The maximum atomic E-state index is 12.8. The molecule has 1 aliphatic heterocycles. The molecule has 5 nitrogen and oxygen atoms in total. The van der Waals surface area contributed by atoms with Crippen molar-refractivity contribution >= 4 is 11.6 Å². The van der Waals surface area contributed by atoms with Gasteiger partial charge in [0, 0.05) is 31.0 Å². The predicted molar refractivity (Wildman–Crippen MR) is 89.0 cm³/mol. The summed E-state index contributed by atoms with van der Waals surface area (Å²) in [5, 5.41) is 2.94. The number of aromatic nitrogens is 2. The van der Waals surface area contributed by atoms with Gasteiger partial charge in [-0.2, -0.15) is 22.0 Å². The van der Waals surface area contributed by atoms with Crippen LogP contribution in [-0.4, -0.2) is 35.7 Å². The molecule has 1 fully saturated rings. The summed E-state index contributed by atoms with van der Waals surface area (Å²) in [6.45, 7) is -1.61. The number of ether oxygens (including phenoxy) is 1. The van der Waals surface area contributed by atoms with E-state index in [0.717, 1.165) is 37.3 Å². The third kappa shape index (κ3) is 5.18. The first kappa shape index (κ1) is 19.1. The molecule has 10 heteroatoms. The molecule has 3 rings (SSSR count). The van der Waals surface area contributed by atoms with Crippen LogP contribution in [0.5, 0.6) is 5.75 Å². The molecule has 0 radical (unpaired) electrons. The van der Waals surface area contributed by atoms with Crippen molar-refractivity contribution in [3.05, 3.63) is 42.2 Å². The van der Waals surface area contributed by atoms with Crippen LogP contribution in [0.2, 0.25) is 0 Å². The van der Waals surface area contributed by atoms with Crippen LogP contribution in [0.25, 0.3) is 0 Å². The van der Waals surface area contributed by atoms with Gasteiger partial charge in [0.1, 0.15) is 11.4 Å². The largest absolute Gasteiger partial charge is 0.435 e. The summed E-state index contributed by atoms with van der Waals surface area (Å²) < 4.78 is 67.0. The molecule has 0 saturated carbocycles. The second kappa shape index (κ2) is 7.93. The number of hydrogen-bond donors (Lipinski definition) is 1. The van der Waals surface area contributed by atoms with Gasteiger partial charge < -0.3 is 15.0 Å². The minimum Gasteiger partial charge on any atom is -0.435 e. The average molecular weight is 388 g/mol. The highest BCUT2D eigenvalue weighted by molar-refractivity contribution is 5.50. The summed E-state index contributed by atoms with van der Waals surface area (Å²) in [4.78, 5) is 9.39. The number of nitrogens with zero attached hydrogens (tertiary/aromatic N) is 3. The smallest absolute Gasteiger partial charge is 0.433 e. The first-order chi connectivity index (χ1) is 12.8. The molecule has 1 aromatic heterocycles. The van der Waals surface area contributed by atoms with Crippen molar-refractivity contribution in [2.45, 2.75) is 31.7 Å². The van der Waals surface area contributed by atoms with Crippen LogP contribution < -0.4 is 15.0 Å². The molecule has 1 saturated heterocycles. The van der Waals surface area contributed by atoms with E-state index in [9.17, 15) is 22.0 Å². The third-order valence-electron chi connectivity index (χ3n) is 4.13. The molecule has 0 spiro atoms. The molecule has 27 heavy (non-hydrogen) atoms. The lowest BCUT2D eigenvalue weighted by atomic mass is 10.0. The van der Waals surface area contributed by atoms with Gasteiger partial charge in [-0.15, -0.1) is 0 Å². The zero-order chi connectivity index (χ0) is 19.4. The van der Waals surface area contributed by atoms with Gasteiger partial charge in [-0.25, -0.2) is 9.97 Å². The first-order valence-corrected chi connectivity index (χ1v) is 8.28. The van der Waals surface area contributed by atoms with E-state index < -0.39 is 18.5 Å². The normalized spacial score (nSPS) is 17.9. The number of rotatable bonds is 5. The summed E-state index contributed by atoms with van der Waals surface area (Å²) in [6, 6.07) is 6.92. The van der Waals surface area contributed by atoms with Gasteiger partial charge in [0.05, 0.1) is 0 Å². The molecule has 0 aliphatic carbocycles. The molecule has 0 amide bonds. The van der Waals surface area contributed by atoms with Crippen molar-refractivity contribution in [2.75, 3.05) is 23.3 Å². The average Bonchev–Trinajstić information content (AvgIpc) is 2.62. The van der Waals surface area contributed by atoms with Crippen molar-refractivity contribution in [3.8, 4) is 5.75 Å². The quantitative estimate of drug-likeness (QED) is 0.779. The Morgan fingerprint density at radius 1 is 1.15 bits per heavy atom. The van der Waals surface area contributed by atoms with E-state index in [1.54, 1.807) is 12.1 Å². The second-order valence-electron chi connectivity index (χ2n) is 6.07. The molecular formula is C17H17F5N4O. The van der Waals surface area contributed by atoms with Crippen LogP contribution in [0.3, 0.4) is 0 Å². The number of piperidine rings is 1. The lowest BCUT2D eigenvalue weighted by Gasteiger charge is -2.34. The van der Waals surface area contributed by atoms with Crippen molar-refractivity contribution < 1.29 is 26.7 Å². The minimum absolute atomic E-state index is 0.0674. The molecule has 0 bridgehead atoms. The van der Waals surface area contributed by atoms with Crippen LogP contribution in [0.1, 0.15) is 18.5 Å². The molecule has 1 unspecified atom stereocenters. The third-order valence-corrected chi connectivity index (χ3v) is 4.13. The Bertz CT molecular complexity index is 754. The molecule has 1 N–H and O–H groups in total. The monoisotopic (exact) mass is 388 g/mol. The van der Waals surface area contributed by atoms with E-state index in [1.165, 1.54) is 12.1 Å². The first-order valence-electron chi connectivity index (χ1n) is 8.28. The summed E-state index contributed by atoms with van der Waals surface area (Å²) in [6.07, 6.45) is -1.89. The Morgan fingerprint density at radius 2 is 1.89 bits per heavy atom. The van der Waals surface area contributed by atoms with Gasteiger partial charge in [0.2, 0.25) is 5.95 Å². The van der Waals surface area contributed by atoms with Crippen LogP contribution in [0, 0.1) is 0 Å². The van der Waals surface area contributed by atoms with Crippen LogP contribution in [-0.2, 0) is 6.18 Å². The summed E-state index contributed by atoms with van der Waals surface area (Å²) in [5.74, 6) is -0.00448. The topological polar surface area (TPSA) is 50.3 Å². The van der Waals surface area contributed by atoms with E-state index >= 15 is 0 Å². The van der Waals surface area contributed by atoms with Gasteiger partial charge in [-0.1, -0.05) is 0 Å². The molecule has 1 atom stereocenters. The number of nitrogens with one attached hydrogen (secondary N) is 1. The molecular weight excluding hydrogens is 371 g/mol. The van der Waals surface area contributed by atoms with Crippen molar-refractivity contribution in [1.29, 1.82) is 0 Å². The number of alkyl halides is 5. The Balaban J connectivity index is 1.64. The number of benzene rings is 1. The fourth-order valence-electron chi connectivity index (χ4n) is 2.94. The standard InChI is InChI=1S/C17H17F5N4O/c18-15(19)27-13-5-3-12(4-6-13)26-9-1-2-11(10-26)24-16-23-8-7-14(25-16)17(20,21)22/h3-8,11,15H,1-2,9-10H2,(H,23,24,25). The van der Waals surface area contributed by atoms with Crippen LogP contribution in [0.4, 0.5) is 33.6 Å². The van der Waals surface area contributed by atoms with Crippen LogP contribution >= 0.6 is 0 Å². The highest BCUT2D eigenvalue weighted by Crippen LogP contribution is 2.28. The van der Waals surface area contributed by atoms with E-state index in [0.29, 0.717) is 6.54 Å². The van der Waals surface area contributed by atoms with Gasteiger partial charge in [-0.05, 0) is 43.2 Å². The molecule has 2 heterocycles. The Hall–Kier alpha value is -2.65. The Labute approximate surface area is 152 Å². The summed E-state index contributed by atoms with van der Waals surface area (Å²) in [7, 11) is 0. The van der Waals surface area contributed by atoms with Crippen molar-refractivity contribution in [2.24, 2.45) is 0 Å². The van der Waals surface area contributed by atoms with E-state index in [2.05, 4.69) is 20.0 Å². The van der Waals surface area contributed by atoms with Crippen molar-refractivity contribution in [1.82, 2.24) is 9.97 Å². The Kier molecular flexibility index (Phi) is 5.62. The Morgan fingerprint density at radius 3 is 2.56 bits per heavy atom. The zero-order valence-corrected chi connectivity index (χ0v) is 14.1. The highest BCUT2D eigenvalue weighted by Gasteiger charge is 2.33. The fourth-order valence-corrected chi connectivity index (χ4v) is 2.94. The number of hydrogen-bond acceptors (Lipinski definition) is 5. The van der Waals surface area contributed by atoms with Crippen molar-refractivity contribution in [3.63, 3.8) is 0 Å². The second-order valence-corrected chi connectivity index (χ2v) is 6.07. The molecule has 1 aromatic carbocycles. The SMILES string of the molecule is FC(F)Oc1ccc(N2CCCC(Nc3nccc(C(F)(F)F)n3)C2)cc1. The van der Waals surface area contributed by atoms with E-state index in [4.69, 9.17) is 0 Å². The van der Waals surface area contributed by atoms with E-state index in [-0.39, 0.29) is 17.7 Å². The predicted octanol–water partition coefficient (Wildman–Crippen LogP) is 4.18. The van der Waals surface area contributed by atoms with Gasteiger partial charge >= 0.3 is 12.8 Å². The maximum absolute atomic E-state index is 12.8. The number of anilines is 2. The molecule has 146 valence electrons. The van der Waals surface area contributed by atoms with Gasteiger partial charge in [0.15, 0.2) is 0 Å². The minimum atomic E-state index is -4.53. The van der Waals surface area contributed by atoms with E-state index in [1.807, 2.05) is 4.90 Å². The molecule has 1 aliphatic rings. The molecule has 2 aromatic rings. The van der Waals surface area contributed by atoms with Gasteiger partial charge in [0.25, 0.3) is 0 Å². The summed E-state index contributed by atoms with van der Waals surface area (Å²) >= 11 is 0. The van der Waals surface area contributed by atoms with Gasteiger partial charge in [-0.3, -0.25) is 0 Å². The summed E-state index contributed by atoms with van der Waals surface area (Å²) in [5.41, 5.74) is -0.185.